The third-order valence-corrected chi connectivity index (χ3v) is 1.97. The molecule has 14 heavy (non-hydrogen) atoms. The molecule has 0 saturated heterocycles. The molecular weight excluding hydrogens is 182 g/mol. The molecule has 0 aliphatic rings. The van der Waals surface area contributed by atoms with Gasteiger partial charge in [0.2, 0.25) is 0 Å². The number of rotatable bonds is 4. The predicted molar refractivity (Wildman–Crippen MR) is 51.4 cm³/mol. The van der Waals surface area contributed by atoms with Gasteiger partial charge in [0.05, 0.1) is 5.69 Å². The molecule has 1 aromatic heterocycles. The zero-order valence-corrected chi connectivity index (χ0v) is 8.70. The lowest BCUT2D eigenvalue weighted by atomic mass is 10.0. The van der Waals surface area contributed by atoms with Crippen molar-refractivity contribution in [2.24, 2.45) is 5.92 Å². The molecule has 0 saturated carbocycles. The summed E-state index contributed by atoms with van der Waals surface area (Å²) in [6, 6.07) is 0. The van der Waals surface area contributed by atoms with Crippen LogP contribution >= 0.6 is 0 Å². The number of carbonyl (C=O) groups is 1. The fraction of sp³-hybridized carbons (Fsp3) is 0.600. The van der Waals surface area contributed by atoms with Crippen molar-refractivity contribution in [3.63, 3.8) is 0 Å². The summed E-state index contributed by atoms with van der Waals surface area (Å²) in [7, 11) is 0. The van der Waals surface area contributed by atoms with Crippen LogP contribution in [0, 0.1) is 5.92 Å². The molecule has 0 aliphatic heterocycles. The lowest BCUT2D eigenvalue weighted by Crippen LogP contribution is -2.05. The van der Waals surface area contributed by atoms with E-state index in [1.807, 2.05) is 20.8 Å². The minimum atomic E-state index is -0.946. The van der Waals surface area contributed by atoms with E-state index >= 15 is 0 Å². The number of carboxylic acids is 1. The molecule has 4 heteroatoms. The van der Waals surface area contributed by atoms with Crippen molar-refractivity contribution in [3.05, 3.63) is 17.0 Å². The molecular formula is C10H15NO3. The van der Waals surface area contributed by atoms with Gasteiger partial charge in [-0.2, -0.15) is 0 Å². The van der Waals surface area contributed by atoms with Gasteiger partial charge in [-0.15, -0.1) is 0 Å². The van der Waals surface area contributed by atoms with E-state index in [0.29, 0.717) is 30.2 Å². The van der Waals surface area contributed by atoms with Crippen molar-refractivity contribution in [2.75, 3.05) is 0 Å². The molecule has 0 spiro atoms. The van der Waals surface area contributed by atoms with Crippen molar-refractivity contribution >= 4 is 5.97 Å². The number of nitrogens with zero attached hydrogens (tertiary/aromatic N) is 1. The molecule has 0 atom stereocenters. The number of aryl methyl sites for hydroxylation is 1. The first-order valence-corrected chi connectivity index (χ1v) is 4.77. The second-order valence-corrected chi connectivity index (χ2v) is 3.68. The van der Waals surface area contributed by atoms with Gasteiger partial charge >= 0.3 is 5.97 Å². The smallest absolute Gasteiger partial charge is 0.341 e. The Hall–Kier alpha value is -1.32. The summed E-state index contributed by atoms with van der Waals surface area (Å²) in [5, 5.41) is 12.8. The summed E-state index contributed by atoms with van der Waals surface area (Å²) in [5.41, 5.74) is 0.811. The lowest BCUT2D eigenvalue weighted by molar-refractivity contribution is 0.0693. The number of aromatic carboxylic acids is 1. The summed E-state index contributed by atoms with van der Waals surface area (Å²) >= 11 is 0. The van der Waals surface area contributed by atoms with Gasteiger partial charge in [-0.25, -0.2) is 4.79 Å². The van der Waals surface area contributed by atoms with Gasteiger partial charge in [0, 0.05) is 6.42 Å². The molecule has 78 valence electrons. The Balaban J connectivity index is 3.04. The zero-order chi connectivity index (χ0) is 10.7. The first kappa shape index (κ1) is 10.8. The molecule has 0 bridgehead atoms. The van der Waals surface area contributed by atoms with E-state index in [0.717, 1.165) is 0 Å². The molecule has 0 unspecified atom stereocenters. The number of aromatic nitrogens is 1. The van der Waals surface area contributed by atoms with Gasteiger partial charge in [0.1, 0.15) is 5.56 Å². The van der Waals surface area contributed by atoms with Crippen LogP contribution in [0.3, 0.4) is 0 Å². The molecule has 0 aliphatic carbocycles. The summed E-state index contributed by atoms with van der Waals surface area (Å²) < 4.78 is 4.98. The van der Waals surface area contributed by atoms with Crippen molar-refractivity contribution in [1.29, 1.82) is 0 Å². The molecule has 0 fully saturated rings. The maximum absolute atomic E-state index is 10.9. The summed E-state index contributed by atoms with van der Waals surface area (Å²) in [6.07, 6.45) is 1.21. The van der Waals surface area contributed by atoms with Crippen LogP contribution in [0.15, 0.2) is 4.52 Å². The lowest BCUT2D eigenvalue weighted by Gasteiger charge is -2.00. The highest BCUT2D eigenvalue weighted by molar-refractivity contribution is 5.89. The molecule has 1 aromatic rings. The molecule has 1 heterocycles. The summed E-state index contributed by atoms with van der Waals surface area (Å²) in [5.74, 6) is -0.102. The van der Waals surface area contributed by atoms with Gasteiger partial charge in [0.15, 0.2) is 5.76 Å². The number of hydrogen-bond donors (Lipinski definition) is 1. The van der Waals surface area contributed by atoms with Crippen molar-refractivity contribution in [2.45, 2.75) is 33.6 Å². The van der Waals surface area contributed by atoms with Crippen LogP contribution in [0.1, 0.15) is 42.6 Å². The van der Waals surface area contributed by atoms with Crippen LogP contribution < -0.4 is 0 Å². The standard InChI is InChI=1S/C10H15NO3/c1-4-8-9(10(12)13)7(11-14-8)5-6(2)3/h6H,4-5H2,1-3H3,(H,12,13). The van der Waals surface area contributed by atoms with Crippen LogP contribution in [0.25, 0.3) is 0 Å². The quantitative estimate of drug-likeness (QED) is 0.803. The summed E-state index contributed by atoms with van der Waals surface area (Å²) in [4.78, 5) is 10.9. The van der Waals surface area contributed by atoms with Crippen molar-refractivity contribution < 1.29 is 14.4 Å². The van der Waals surface area contributed by atoms with Gasteiger partial charge in [-0.1, -0.05) is 25.9 Å². The monoisotopic (exact) mass is 197 g/mol. The third kappa shape index (κ3) is 2.13. The number of hydrogen-bond acceptors (Lipinski definition) is 3. The highest BCUT2D eigenvalue weighted by Crippen LogP contribution is 2.18. The van der Waals surface area contributed by atoms with E-state index in [1.165, 1.54) is 0 Å². The van der Waals surface area contributed by atoms with Crippen molar-refractivity contribution in [1.82, 2.24) is 5.16 Å². The fourth-order valence-corrected chi connectivity index (χ4v) is 1.37. The van der Waals surface area contributed by atoms with E-state index in [2.05, 4.69) is 5.16 Å². The molecule has 0 aromatic carbocycles. The normalized spacial score (nSPS) is 10.9. The highest BCUT2D eigenvalue weighted by atomic mass is 16.5. The Kier molecular flexibility index (Phi) is 3.28. The molecule has 0 amide bonds. The van der Waals surface area contributed by atoms with Crippen LogP contribution in [0.5, 0.6) is 0 Å². The van der Waals surface area contributed by atoms with E-state index in [9.17, 15) is 4.79 Å². The molecule has 1 rings (SSSR count). The van der Waals surface area contributed by atoms with E-state index < -0.39 is 5.97 Å². The van der Waals surface area contributed by atoms with Crippen LogP contribution in [-0.4, -0.2) is 16.2 Å². The van der Waals surface area contributed by atoms with Crippen molar-refractivity contribution in [3.8, 4) is 0 Å². The predicted octanol–water partition coefficient (Wildman–Crippen LogP) is 2.13. The van der Waals surface area contributed by atoms with Gasteiger partial charge < -0.3 is 9.63 Å². The fourth-order valence-electron chi connectivity index (χ4n) is 1.37. The maximum atomic E-state index is 10.9. The molecule has 4 nitrogen and oxygen atoms in total. The van der Waals surface area contributed by atoms with Crippen LogP contribution in [0.4, 0.5) is 0 Å². The van der Waals surface area contributed by atoms with Gasteiger partial charge in [-0.05, 0) is 12.3 Å². The van der Waals surface area contributed by atoms with Crippen LogP contribution in [0.2, 0.25) is 0 Å². The largest absolute Gasteiger partial charge is 0.477 e. The van der Waals surface area contributed by atoms with Gasteiger partial charge in [-0.3, -0.25) is 0 Å². The number of carboxylic acid groups (broad SMARTS) is 1. The Morgan fingerprint density at radius 1 is 1.57 bits per heavy atom. The Morgan fingerprint density at radius 3 is 2.64 bits per heavy atom. The first-order valence-electron chi connectivity index (χ1n) is 4.77. The highest BCUT2D eigenvalue weighted by Gasteiger charge is 2.21. The Labute approximate surface area is 82.9 Å². The second kappa shape index (κ2) is 4.26. The average molecular weight is 197 g/mol. The molecule has 1 N–H and O–H groups in total. The zero-order valence-electron chi connectivity index (χ0n) is 8.70. The minimum Gasteiger partial charge on any atom is -0.477 e. The topological polar surface area (TPSA) is 63.3 Å². The summed E-state index contributed by atoms with van der Waals surface area (Å²) in [6.45, 7) is 5.89. The van der Waals surface area contributed by atoms with E-state index in [4.69, 9.17) is 9.63 Å². The third-order valence-electron chi connectivity index (χ3n) is 1.97. The Morgan fingerprint density at radius 2 is 2.21 bits per heavy atom. The Bertz CT molecular complexity index is 328. The molecule has 0 radical (unpaired) electrons. The second-order valence-electron chi connectivity index (χ2n) is 3.68. The van der Waals surface area contributed by atoms with E-state index in [-0.39, 0.29) is 5.56 Å². The first-order chi connectivity index (χ1) is 6.56. The minimum absolute atomic E-state index is 0.251. The average Bonchev–Trinajstić information content (AvgIpc) is 2.46. The van der Waals surface area contributed by atoms with Gasteiger partial charge in [0.25, 0.3) is 0 Å². The van der Waals surface area contributed by atoms with E-state index in [1.54, 1.807) is 0 Å². The van der Waals surface area contributed by atoms with Crippen LogP contribution in [-0.2, 0) is 12.8 Å². The maximum Gasteiger partial charge on any atom is 0.341 e. The SMILES string of the molecule is CCc1onc(CC(C)C)c1C(=O)O.